The van der Waals surface area contributed by atoms with Gasteiger partial charge >= 0.3 is 0 Å². The summed E-state index contributed by atoms with van der Waals surface area (Å²) in [5.74, 6) is -1.13. The molecule has 130 valence electrons. The van der Waals surface area contributed by atoms with Gasteiger partial charge in [-0.1, -0.05) is 0 Å². The summed E-state index contributed by atoms with van der Waals surface area (Å²) in [6, 6.07) is 5.15. The van der Waals surface area contributed by atoms with Crippen LogP contribution in [0.2, 0.25) is 0 Å². The molecule has 0 saturated heterocycles. The van der Waals surface area contributed by atoms with Gasteiger partial charge < -0.3 is 15.8 Å². The number of hydrogen-bond donors (Lipinski definition) is 2. The number of anilines is 1. The fraction of sp³-hybridized carbons (Fsp3) is 0.312. The van der Waals surface area contributed by atoms with Crippen molar-refractivity contribution in [3.8, 4) is 0 Å². The fourth-order valence-corrected chi connectivity index (χ4v) is 3.57. The molecular weight excluding hydrogens is 447 g/mol. The number of aliphatic imine (C=N–C) groups is 1. The molecule has 3 rings (SSSR count). The van der Waals surface area contributed by atoms with Crippen LogP contribution in [0.15, 0.2) is 34.6 Å². The van der Waals surface area contributed by atoms with Crippen LogP contribution >= 0.6 is 35.3 Å². The number of hydrogen-bond acceptors (Lipinski definition) is 3. The van der Waals surface area contributed by atoms with Gasteiger partial charge in [0.15, 0.2) is 5.96 Å². The number of guanidine groups is 1. The molecule has 1 aromatic heterocycles. The zero-order valence-corrected chi connectivity index (χ0v) is 16.2. The number of nitrogens with two attached hydrogens (primary N) is 1. The van der Waals surface area contributed by atoms with E-state index in [-0.39, 0.29) is 35.6 Å². The highest BCUT2D eigenvalue weighted by molar-refractivity contribution is 14.0. The van der Waals surface area contributed by atoms with E-state index in [1.807, 2.05) is 18.4 Å². The van der Waals surface area contributed by atoms with Crippen molar-refractivity contribution < 1.29 is 13.5 Å². The Hall–Kier alpha value is -1.26. The van der Waals surface area contributed by atoms with E-state index in [2.05, 4.69) is 10.3 Å². The summed E-state index contributed by atoms with van der Waals surface area (Å²) in [6.45, 7) is 2.88. The highest BCUT2D eigenvalue weighted by Gasteiger charge is 2.33. The first-order chi connectivity index (χ1) is 11.0. The van der Waals surface area contributed by atoms with Crippen LogP contribution in [0.25, 0.3) is 0 Å². The van der Waals surface area contributed by atoms with E-state index in [0.717, 1.165) is 30.2 Å². The lowest BCUT2D eigenvalue weighted by Crippen LogP contribution is -2.36. The van der Waals surface area contributed by atoms with Crippen molar-refractivity contribution in [3.05, 3.63) is 51.7 Å². The predicted molar refractivity (Wildman–Crippen MR) is 103 cm³/mol. The Labute approximate surface area is 160 Å². The lowest BCUT2D eigenvalue weighted by atomic mass is 9.93. The molecule has 1 aliphatic heterocycles. The van der Waals surface area contributed by atoms with Gasteiger partial charge in [-0.15, -0.1) is 35.3 Å². The quantitative estimate of drug-likeness (QED) is 0.411. The first kappa shape index (κ1) is 19.1. The number of nitrogens with one attached hydrogen (secondary N) is 1. The van der Waals surface area contributed by atoms with Gasteiger partial charge in [-0.3, -0.25) is 0 Å². The van der Waals surface area contributed by atoms with Gasteiger partial charge in [-0.25, -0.2) is 13.8 Å². The maximum atomic E-state index is 13.6. The summed E-state index contributed by atoms with van der Waals surface area (Å²) in [5, 5.41) is 4.62. The number of rotatable bonds is 3. The van der Waals surface area contributed by atoms with Gasteiger partial charge in [0.1, 0.15) is 17.2 Å². The predicted octanol–water partition coefficient (Wildman–Crippen LogP) is 3.86. The third kappa shape index (κ3) is 4.04. The molecule has 0 bridgehead atoms. The Morgan fingerprint density at radius 1 is 1.42 bits per heavy atom. The topological polar surface area (TPSA) is 59.6 Å². The number of benzene rings is 1. The van der Waals surface area contributed by atoms with Gasteiger partial charge in [0.2, 0.25) is 0 Å². The third-order valence-electron chi connectivity index (χ3n) is 3.81. The molecule has 0 aliphatic carbocycles. The summed E-state index contributed by atoms with van der Waals surface area (Å²) >= 11 is 1.70. The minimum atomic E-state index is -0.593. The fourth-order valence-electron chi connectivity index (χ4n) is 2.59. The Bertz CT molecular complexity index is 753. The van der Waals surface area contributed by atoms with E-state index in [9.17, 15) is 8.78 Å². The lowest BCUT2D eigenvalue weighted by Gasteiger charge is -2.33. The van der Waals surface area contributed by atoms with Crippen molar-refractivity contribution >= 4 is 47.0 Å². The van der Waals surface area contributed by atoms with E-state index >= 15 is 0 Å². The van der Waals surface area contributed by atoms with Crippen molar-refractivity contribution in [2.24, 2.45) is 10.7 Å². The van der Waals surface area contributed by atoms with Crippen LogP contribution in [0.1, 0.15) is 17.4 Å². The molecule has 1 unspecified atom stereocenters. The lowest BCUT2D eigenvalue weighted by molar-refractivity contribution is -0.0374. The molecule has 3 N–H and O–H groups in total. The van der Waals surface area contributed by atoms with Gasteiger partial charge in [-0.05, 0) is 36.1 Å². The number of thiophene rings is 1. The first-order valence-electron chi connectivity index (χ1n) is 7.21. The number of nitrogens with zero attached hydrogens (tertiary/aromatic N) is 1. The monoisotopic (exact) mass is 465 g/mol. The maximum absolute atomic E-state index is 13.6. The highest BCUT2D eigenvalue weighted by Crippen LogP contribution is 2.36. The molecule has 0 radical (unpaired) electrons. The van der Waals surface area contributed by atoms with E-state index in [0.29, 0.717) is 13.2 Å². The number of ether oxygens (including phenoxy) is 1. The third-order valence-corrected chi connectivity index (χ3v) is 4.79. The van der Waals surface area contributed by atoms with E-state index in [4.69, 9.17) is 10.5 Å². The molecule has 2 heterocycles. The molecule has 0 saturated carbocycles. The normalized spacial score (nSPS) is 20.2. The smallest absolute Gasteiger partial charge is 0.193 e. The van der Waals surface area contributed by atoms with Crippen LogP contribution in [0.4, 0.5) is 14.5 Å². The molecule has 24 heavy (non-hydrogen) atoms. The van der Waals surface area contributed by atoms with Crippen molar-refractivity contribution in [2.75, 3.05) is 18.5 Å². The molecule has 0 spiro atoms. The first-order valence-corrected chi connectivity index (χ1v) is 8.09. The zero-order valence-electron chi connectivity index (χ0n) is 13.0. The molecular formula is C16H18F2IN3OS. The van der Waals surface area contributed by atoms with Gasteiger partial charge in [-0.2, -0.15) is 0 Å². The molecule has 4 nitrogen and oxygen atoms in total. The van der Waals surface area contributed by atoms with Crippen LogP contribution in [0.5, 0.6) is 0 Å². The van der Waals surface area contributed by atoms with E-state index < -0.39 is 17.2 Å². The minimum absolute atomic E-state index is 0. The Kier molecular flexibility index (Phi) is 6.16. The van der Waals surface area contributed by atoms with Crippen LogP contribution in [-0.2, 0) is 16.8 Å². The molecule has 1 atom stereocenters. The highest BCUT2D eigenvalue weighted by atomic mass is 127. The number of halogens is 3. The van der Waals surface area contributed by atoms with Crippen molar-refractivity contribution in [1.29, 1.82) is 0 Å². The Morgan fingerprint density at radius 2 is 2.21 bits per heavy atom. The number of fused-ring (bicyclic) bond motifs is 1. The average molecular weight is 465 g/mol. The standard InChI is InChI=1S/C16H17F2N3OS.HI/c1-16(11-5-7-23-14(11)4-6-22-16)9-20-15(19)21-13-8-10(17)2-3-12(13)18;/h2-3,5,7-8H,4,6,9H2,1H3,(H3,19,20,21);1H. The summed E-state index contributed by atoms with van der Waals surface area (Å²) < 4.78 is 32.6. The molecule has 0 amide bonds. The second-order valence-corrected chi connectivity index (χ2v) is 6.54. The second kappa shape index (κ2) is 7.75. The van der Waals surface area contributed by atoms with Crippen molar-refractivity contribution in [3.63, 3.8) is 0 Å². The molecule has 2 aromatic rings. The Balaban J connectivity index is 0.00000208. The molecule has 0 fully saturated rings. The van der Waals surface area contributed by atoms with Crippen molar-refractivity contribution in [2.45, 2.75) is 18.9 Å². The minimum Gasteiger partial charge on any atom is -0.370 e. The second-order valence-electron chi connectivity index (χ2n) is 5.54. The van der Waals surface area contributed by atoms with Gasteiger partial charge in [0.25, 0.3) is 0 Å². The largest absolute Gasteiger partial charge is 0.370 e. The zero-order chi connectivity index (χ0) is 16.4. The van der Waals surface area contributed by atoms with Crippen LogP contribution in [0, 0.1) is 11.6 Å². The van der Waals surface area contributed by atoms with Crippen molar-refractivity contribution in [1.82, 2.24) is 0 Å². The summed E-state index contributed by atoms with van der Waals surface area (Å²) in [5.41, 5.74) is 6.31. The van der Waals surface area contributed by atoms with Crippen LogP contribution < -0.4 is 11.1 Å². The molecule has 8 heteroatoms. The molecule has 1 aliphatic rings. The average Bonchev–Trinajstić information content (AvgIpc) is 3.00. The Morgan fingerprint density at radius 3 is 3.00 bits per heavy atom. The summed E-state index contributed by atoms with van der Waals surface area (Å²) in [4.78, 5) is 5.53. The van der Waals surface area contributed by atoms with E-state index in [1.165, 1.54) is 4.88 Å². The van der Waals surface area contributed by atoms with E-state index in [1.54, 1.807) is 11.3 Å². The van der Waals surface area contributed by atoms with Crippen LogP contribution in [0.3, 0.4) is 0 Å². The maximum Gasteiger partial charge on any atom is 0.193 e. The summed E-state index contributed by atoms with van der Waals surface area (Å²) in [7, 11) is 0. The SMILES string of the molecule is CC1(CN=C(N)Nc2cc(F)ccc2F)OCCc2sccc21.I. The molecule has 1 aromatic carbocycles. The van der Waals surface area contributed by atoms with Gasteiger partial charge in [0.05, 0.1) is 18.8 Å². The van der Waals surface area contributed by atoms with Crippen LogP contribution in [-0.4, -0.2) is 19.1 Å². The van der Waals surface area contributed by atoms with Gasteiger partial charge in [0, 0.05) is 17.4 Å². The summed E-state index contributed by atoms with van der Waals surface area (Å²) in [6.07, 6.45) is 0.897.